The van der Waals surface area contributed by atoms with Crippen LogP contribution >= 0.6 is 15.9 Å². The van der Waals surface area contributed by atoms with Crippen molar-refractivity contribution in [1.29, 1.82) is 0 Å². The van der Waals surface area contributed by atoms with Crippen LogP contribution < -0.4 is 5.43 Å². The van der Waals surface area contributed by atoms with E-state index in [9.17, 15) is 4.79 Å². The fraction of sp³-hybridized carbons (Fsp3) is 0.208. The second kappa shape index (κ2) is 10.2. The van der Waals surface area contributed by atoms with Gasteiger partial charge < -0.3 is 0 Å². The van der Waals surface area contributed by atoms with Gasteiger partial charge in [-0.3, -0.25) is 9.48 Å². The van der Waals surface area contributed by atoms with Crippen molar-refractivity contribution in [2.24, 2.45) is 5.10 Å². The molecule has 30 heavy (non-hydrogen) atoms. The summed E-state index contributed by atoms with van der Waals surface area (Å²) in [5.41, 5.74) is 7.31. The van der Waals surface area contributed by atoms with Crippen molar-refractivity contribution >= 4 is 34.1 Å². The SMILES string of the molecule is CC(/C=N/NC(=O)c1ccn(Cc2ccc(Br)cc2)n1)=C\c1ccc(C(C)C)cc1. The minimum Gasteiger partial charge on any atom is -0.268 e. The van der Waals surface area contributed by atoms with E-state index < -0.39 is 0 Å². The minimum atomic E-state index is -0.338. The summed E-state index contributed by atoms with van der Waals surface area (Å²) in [6.45, 7) is 6.89. The van der Waals surface area contributed by atoms with E-state index >= 15 is 0 Å². The van der Waals surface area contributed by atoms with Crippen LogP contribution in [0.3, 0.4) is 0 Å². The first-order valence-electron chi connectivity index (χ1n) is 9.80. The third-order valence-electron chi connectivity index (χ3n) is 4.56. The molecule has 6 heteroatoms. The summed E-state index contributed by atoms with van der Waals surface area (Å²) < 4.78 is 2.76. The minimum absolute atomic E-state index is 0.329. The normalized spacial score (nSPS) is 12.0. The lowest BCUT2D eigenvalue weighted by Crippen LogP contribution is -2.18. The predicted octanol–water partition coefficient (Wildman–Crippen LogP) is 5.64. The highest BCUT2D eigenvalue weighted by Crippen LogP contribution is 2.16. The van der Waals surface area contributed by atoms with Gasteiger partial charge in [0.15, 0.2) is 5.69 Å². The smallest absolute Gasteiger partial charge is 0.268 e. The largest absolute Gasteiger partial charge is 0.291 e. The van der Waals surface area contributed by atoms with Crippen LogP contribution in [-0.4, -0.2) is 21.9 Å². The van der Waals surface area contributed by atoms with Crippen molar-refractivity contribution in [1.82, 2.24) is 15.2 Å². The summed E-state index contributed by atoms with van der Waals surface area (Å²) in [6.07, 6.45) is 5.44. The Balaban J connectivity index is 1.55. The molecule has 3 rings (SSSR count). The number of hydrogen-bond donors (Lipinski definition) is 1. The molecular formula is C24H25BrN4O. The van der Waals surface area contributed by atoms with Gasteiger partial charge in [-0.25, -0.2) is 5.43 Å². The van der Waals surface area contributed by atoms with Gasteiger partial charge >= 0.3 is 0 Å². The van der Waals surface area contributed by atoms with E-state index in [4.69, 9.17) is 0 Å². The molecule has 2 aromatic carbocycles. The van der Waals surface area contributed by atoms with E-state index in [1.807, 2.05) is 37.3 Å². The van der Waals surface area contributed by atoms with Gasteiger partial charge in [0.05, 0.1) is 12.8 Å². The molecule has 0 aliphatic rings. The Hall–Kier alpha value is -2.99. The first-order chi connectivity index (χ1) is 14.4. The predicted molar refractivity (Wildman–Crippen MR) is 126 cm³/mol. The number of allylic oxidation sites excluding steroid dienone is 1. The topological polar surface area (TPSA) is 59.3 Å². The average Bonchev–Trinajstić information content (AvgIpc) is 3.19. The molecular weight excluding hydrogens is 440 g/mol. The number of nitrogens with one attached hydrogen (secondary N) is 1. The zero-order valence-corrected chi connectivity index (χ0v) is 18.9. The molecule has 0 saturated carbocycles. The van der Waals surface area contributed by atoms with Crippen molar-refractivity contribution in [2.75, 3.05) is 0 Å². The van der Waals surface area contributed by atoms with Gasteiger partial charge in [0.25, 0.3) is 5.91 Å². The van der Waals surface area contributed by atoms with Crippen LogP contribution in [0.2, 0.25) is 0 Å². The molecule has 0 aliphatic heterocycles. The number of hydrogen-bond acceptors (Lipinski definition) is 3. The van der Waals surface area contributed by atoms with Crippen LogP contribution in [0.4, 0.5) is 0 Å². The zero-order chi connectivity index (χ0) is 21.5. The highest BCUT2D eigenvalue weighted by Gasteiger charge is 2.08. The first-order valence-corrected chi connectivity index (χ1v) is 10.6. The molecule has 0 spiro atoms. The van der Waals surface area contributed by atoms with E-state index in [2.05, 4.69) is 69.7 Å². The highest BCUT2D eigenvalue weighted by molar-refractivity contribution is 9.10. The summed E-state index contributed by atoms with van der Waals surface area (Å²) in [7, 11) is 0. The van der Waals surface area contributed by atoms with Crippen LogP contribution in [-0.2, 0) is 6.54 Å². The lowest BCUT2D eigenvalue weighted by Gasteiger charge is -2.05. The molecule has 0 unspecified atom stereocenters. The van der Waals surface area contributed by atoms with Crippen LogP contribution in [0, 0.1) is 0 Å². The summed E-state index contributed by atoms with van der Waals surface area (Å²) >= 11 is 3.42. The van der Waals surface area contributed by atoms with Crippen LogP contribution in [0.1, 0.15) is 53.9 Å². The van der Waals surface area contributed by atoms with Gasteiger partial charge in [-0.1, -0.05) is 72.3 Å². The number of amides is 1. The van der Waals surface area contributed by atoms with Crippen molar-refractivity contribution in [3.8, 4) is 0 Å². The van der Waals surface area contributed by atoms with Gasteiger partial charge in [-0.05, 0) is 53.3 Å². The lowest BCUT2D eigenvalue weighted by molar-refractivity contribution is 0.0949. The summed E-state index contributed by atoms with van der Waals surface area (Å²) in [5.74, 6) is 0.175. The maximum atomic E-state index is 12.3. The summed E-state index contributed by atoms with van der Waals surface area (Å²) in [4.78, 5) is 12.3. The van der Waals surface area contributed by atoms with Crippen molar-refractivity contribution in [2.45, 2.75) is 33.2 Å². The monoisotopic (exact) mass is 464 g/mol. The van der Waals surface area contributed by atoms with E-state index in [1.165, 1.54) is 5.56 Å². The molecule has 1 N–H and O–H groups in total. The zero-order valence-electron chi connectivity index (χ0n) is 17.3. The molecule has 0 saturated heterocycles. The Labute approximate surface area is 185 Å². The second-order valence-corrected chi connectivity index (χ2v) is 8.35. The molecule has 1 amide bonds. The van der Waals surface area contributed by atoms with Crippen LogP contribution in [0.25, 0.3) is 6.08 Å². The second-order valence-electron chi connectivity index (χ2n) is 7.43. The molecule has 0 radical (unpaired) electrons. The fourth-order valence-corrected chi connectivity index (χ4v) is 3.14. The van der Waals surface area contributed by atoms with Crippen molar-refractivity contribution in [3.63, 3.8) is 0 Å². The lowest BCUT2D eigenvalue weighted by atomic mass is 10.0. The Bertz CT molecular complexity index is 1050. The van der Waals surface area contributed by atoms with Gasteiger partial charge in [0, 0.05) is 10.7 Å². The summed E-state index contributed by atoms with van der Waals surface area (Å²) in [5, 5.41) is 8.37. The first kappa shape index (κ1) is 21.7. The number of carbonyl (C=O) groups is 1. The standard InChI is InChI=1S/C24H25BrN4O/c1-17(2)21-8-4-19(5-9-21)14-18(3)15-26-27-24(30)23-12-13-29(28-23)16-20-6-10-22(25)11-7-20/h4-15,17H,16H2,1-3H3,(H,27,30)/b18-14+,26-15+. The summed E-state index contributed by atoms with van der Waals surface area (Å²) in [6, 6.07) is 18.1. The number of halogens is 1. The molecule has 5 nitrogen and oxygen atoms in total. The number of carbonyl (C=O) groups excluding carboxylic acids is 1. The van der Waals surface area contributed by atoms with E-state index in [-0.39, 0.29) is 5.91 Å². The average molecular weight is 465 g/mol. The van der Waals surface area contributed by atoms with Crippen LogP contribution in [0.5, 0.6) is 0 Å². The number of hydrazone groups is 1. The van der Waals surface area contributed by atoms with Gasteiger partial charge in [0.1, 0.15) is 0 Å². The third-order valence-corrected chi connectivity index (χ3v) is 5.09. The van der Waals surface area contributed by atoms with Crippen LogP contribution in [0.15, 0.2) is 75.9 Å². The Morgan fingerprint density at radius 1 is 1.13 bits per heavy atom. The maximum Gasteiger partial charge on any atom is 0.291 e. The number of rotatable bonds is 7. The quantitative estimate of drug-likeness (QED) is 0.363. The number of benzene rings is 2. The van der Waals surface area contributed by atoms with Crippen molar-refractivity contribution < 1.29 is 4.79 Å². The Morgan fingerprint density at radius 2 is 1.83 bits per heavy atom. The van der Waals surface area contributed by atoms with Crippen molar-refractivity contribution in [3.05, 3.63) is 93.2 Å². The third kappa shape index (κ3) is 6.26. The fourth-order valence-electron chi connectivity index (χ4n) is 2.88. The molecule has 3 aromatic rings. The molecule has 1 heterocycles. The van der Waals surface area contributed by atoms with Gasteiger partial charge in [-0.15, -0.1) is 0 Å². The molecule has 0 aliphatic carbocycles. The van der Waals surface area contributed by atoms with E-state index in [1.54, 1.807) is 23.2 Å². The van der Waals surface area contributed by atoms with E-state index in [0.717, 1.165) is 21.2 Å². The van der Waals surface area contributed by atoms with Gasteiger partial charge in [0.2, 0.25) is 0 Å². The Morgan fingerprint density at radius 3 is 2.50 bits per heavy atom. The Kier molecular flexibility index (Phi) is 7.36. The highest BCUT2D eigenvalue weighted by atomic mass is 79.9. The van der Waals surface area contributed by atoms with E-state index in [0.29, 0.717) is 18.2 Å². The molecule has 0 bridgehead atoms. The number of nitrogens with zero attached hydrogens (tertiary/aromatic N) is 3. The molecule has 1 aromatic heterocycles. The number of aromatic nitrogens is 2. The molecule has 154 valence electrons. The van der Waals surface area contributed by atoms with Gasteiger partial charge in [-0.2, -0.15) is 10.2 Å². The maximum absolute atomic E-state index is 12.3. The molecule has 0 atom stereocenters. The molecule has 0 fully saturated rings.